The number of hydrogen-bond acceptors (Lipinski definition) is 7. The van der Waals surface area contributed by atoms with Crippen molar-refractivity contribution in [2.45, 2.75) is 37.5 Å². The first-order chi connectivity index (χ1) is 47.3. The summed E-state index contributed by atoms with van der Waals surface area (Å²) >= 11 is 0. The molecule has 520 valence electrons. The summed E-state index contributed by atoms with van der Waals surface area (Å²) < 4.78 is 38.3. The van der Waals surface area contributed by atoms with E-state index in [1.165, 1.54) is 65.7 Å². The van der Waals surface area contributed by atoms with Crippen molar-refractivity contribution in [1.82, 2.24) is 56.3 Å². The van der Waals surface area contributed by atoms with E-state index < -0.39 is 0 Å². The van der Waals surface area contributed by atoms with Crippen molar-refractivity contribution >= 4 is 104 Å². The molecule has 0 radical (unpaired) electrons. The van der Waals surface area contributed by atoms with Crippen molar-refractivity contribution in [3.05, 3.63) is 321 Å². The molecule has 1 saturated carbocycles. The van der Waals surface area contributed by atoms with Crippen molar-refractivity contribution in [3.63, 3.8) is 0 Å². The zero-order chi connectivity index (χ0) is 64.6. The molecular formula is C80H50F2N14Pt6-6. The molecule has 102 heavy (non-hydrogen) atoms. The van der Waals surface area contributed by atoms with Crippen LogP contribution in [0.2, 0.25) is 0 Å². The number of fused-ring (bicyclic) bond motifs is 20. The molecule has 12 aromatic heterocycles. The van der Waals surface area contributed by atoms with E-state index in [1.54, 1.807) is 83.0 Å². The van der Waals surface area contributed by atoms with Crippen LogP contribution in [0.5, 0.6) is 0 Å². The van der Waals surface area contributed by atoms with Crippen LogP contribution in [-0.4, -0.2) is 56.3 Å². The van der Waals surface area contributed by atoms with Crippen molar-refractivity contribution < 1.29 is 135 Å². The largest absolute Gasteiger partial charge is 0.347 e. The van der Waals surface area contributed by atoms with Crippen molar-refractivity contribution in [2.24, 2.45) is 0 Å². The van der Waals surface area contributed by atoms with E-state index in [2.05, 4.69) is 135 Å². The summed E-state index contributed by atoms with van der Waals surface area (Å²) in [5.74, 6) is 0.974. The Kier molecular flexibility index (Phi) is 25.0. The quantitative estimate of drug-likeness (QED) is 0.150. The maximum Gasteiger partial charge on any atom is 0.115 e. The standard InChI is InChI=1S/C17H15N2.C17H11N2.2C12H6N3.2C11H6FN2.6Pt/c1-2-4-14-13(3-1)15-11-5-7-12(8-6-11)16(15)19-10-9-18-17(14)19;1-2-7-14(8-3-1)16-12-18-17-15-9-5-4-6-13(15)10-11-19(16)17;1-13-11-4-2-3-10-9(11)5-7-15-8-6-14-12(10)15;13-8-9-1-2-11-10(7-9)3-5-15-6-4-14-12(11)15;12-9-1-2-10-8(7-9)3-5-14-6-4-13-11(10)14;12-10-7-14-6-5-13-11(14)9-4-2-1-3-8(9)10;;;;;;/h1-3,9-12H,5-8H2;1-8,10-12H;2,4-8H;1,3-7H;1,3-7H;1-3,5-7H;;;;;;/q6*-1;;;;;;. The zero-order valence-corrected chi connectivity index (χ0v) is 66.6. The average Bonchev–Trinajstić information content (AvgIpc) is 1.26. The minimum atomic E-state index is -0.270. The van der Waals surface area contributed by atoms with E-state index in [-0.39, 0.29) is 138 Å². The van der Waals surface area contributed by atoms with Crippen LogP contribution in [0.3, 0.4) is 0 Å². The molecule has 3 aliphatic rings. The Hall–Kier alpha value is -8.79. The maximum absolute atomic E-state index is 13.5. The monoisotopic (exact) mass is 2410 g/mol. The van der Waals surface area contributed by atoms with E-state index in [1.807, 2.05) is 123 Å². The van der Waals surface area contributed by atoms with Crippen LogP contribution in [0, 0.1) is 65.9 Å². The van der Waals surface area contributed by atoms with Crippen LogP contribution in [0.25, 0.3) is 115 Å². The summed E-state index contributed by atoms with van der Waals surface area (Å²) in [6, 6.07) is 66.6. The fourth-order valence-corrected chi connectivity index (χ4v) is 13.4. The van der Waals surface area contributed by atoms with Gasteiger partial charge in [0.05, 0.1) is 46.1 Å². The molecule has 14 nitrogen and oxygen atoms in total. The number of hydrogen-bond donors (Lipinski definition) is 0. The number of pyridine rings is 6. The van der Waals surface area contributed by atoms with Gasteiger partial charge in [-0.05, 0) is 73.4 Å². The van der Waals surface area contributed by atoms with Gasteiger partial charge in [-0.3, -0.25) is 39.1 Å². The molecule has 0 aliphatic heterocycles. The number of aromatic nitrogens is 12. The SMILES string of the molecule is Fc1c[c-]c2c(ccn3ccnc23)c1.Fc1cn2ccnc2c2[c-]cccc12.N#Cc1c[c-]c2c(ccn3ccnc23)c1.[C-]#[N+]c1cc[c-]c2c1ccn1ccnc21.[Pt].[Pt].[Pt].[Pt].[Pt].[Pt].[c-]1cccc2c3c(n4ccnc4c12)C1CCC3CC1.[c-]1cccc2ccn3c(-c4ccccc4)cnc3c12. The van der Waals surface area contributed by atoms with Gasteiger partial charge >= 0.3 is 0 Å². The first-order valence-electron chi connectivity index (χ1n) is 31.1. The van der Waals surface area contributed by atoms with Crippen LogP contribution in [0.15, 0.2) is 245 Å². The van der Waals surface area contributed by atoms with Crippen LogP contribution in [0.1, 0.15) is 54.3 Å². The van der Waals surface area contributed by atoms with E-state index in [0.717, 1.165) is 94.5 Å². The first kappa shape index (κ1) is 75.9. The molecule has 0 atom stereocenters. The molecule has 0 saturated heterocycles. The van der Waals surface area contributed by atoms with Gasteiger partial charge in [-0.15, -0.1) is 164 Å². The van der Waals surface area contributed by atoms with E-state index >= 15 is 0 Å². The fraction of sp³-hybridized carbons (Fsp3) is 0.0750. The van der Waals surface area contributed by atoms with Crippen LogP contribution >= 0.6 is 0 Å². The third-order valence-corrected chi connectivity index (χ3v) is 17.8. The van der Waals surface area contributed by atoms with Crippen molar-refractivity contribution in [2.75, 3.05) is 0 Å². The van der Waals surface area contributed by atoms with E-state index in [9.17, 15) is 8.78 Å². The third kappa shape index (κ3) is 14.6. The second-order valence-corrected chi connectivity index (χ2v) is 23.2. The molecule has 19 aromatic rings. The van der Waals surface area contributed by atoms with Gasteiger partial charge in [0, 0.05) is 218 Å². The number of nitriles is 1. The summed E-state index contributed by atoms with van der Waals surface area (Å²) in [5.41, 5.74) is 12.0. The summed E-state index contributed by atoms with van der Waals surface area (Å²) in [6.07, 6.45) is 34.8. The summed E-state index contributed by atoms with van der Waals surface area (Å²) in [5, 5.41) is 20.3. The fourth-order valence-electron chi connectivity index (χ4n) is 13.4. The van der Waals surface area contributed by atoms with Gasteiger partial charge in [0.25, 0.3) is 0 Å². The maximum atomic E-state index is 13.5. The van der Waals surface area contributed by atoms with Gasteiger partial charge < -0.3 is 26.4 Å². The number of halogens is 2. The average molecular weight is 2420 g/mol. The Bertz CT molecular complexity index is 6250. The predicted octanol–water partition coefficient (Wildman–Crippen LogP) is 17.8. The molecule has 1 fully saturated rings. The summed E-state index contributed by atoms with van der Waals surface area (Å²) in [6.45, 7) is 7.08. The Morgan fingerprint density at radius 2 is 0.951 bits per heavy atom. The Balaban J connectivity index is 0.000000131. The Morgan fingerprint density at radius 3 is 1.62 bits per heavy atom. The predicted molar refractivity (Wildman–Crippen MR) is 369 cm³/mol. The first-order valence-corrected chi connectivity index (χ1v) is 31.1. The molecule has 0 N–H and O–H groups in total. The normalized spacial score (nSPS) is 12.9. The molecule has 0 spiro atoms. The minimum absolute atomic E-state index is 0. The van der Waals surface area contributed by atoms with E-state index in [4.69, 9.17) is 11.8 Å². The number of benzene rings is 7. The number of nitrogens with zero attached hydrogens (tertiary/aromatic N) is 14. The molecule has 7 aromatic carbocycles. The smallest absolute Gasteiger partial charge is 0.115 e. The Morgan fingerprint density at radius 1 is 0.441 bits per heavy atom. The minimum Gasteiger partial charge on any atom is -0.347 e. The topological polar surface area (TPSA) is 132 Å². The van der Waals surface area contributed by atoms with Crippen molar-refractivity contribution in [1.29, 1.82) is 5.26 Å². The van der Waals surface area contributed by atoms with Gasteiger partial charge in [0.1, 0.15) is 11.5 Å². The molecule has 0 amide bonds. The van der Waals surface area contributed by atoms with Gasteiger partial charge in [0.2, 0.25) is 0 Å². The molecule has 22 rings (SSSR count). The second kappa shape index (κ2) is 33.6. The molecule has 3 aliphatic carbocycles. The molecule has 12 heterocycles. The van der Waals surface area contributed by atoms with Gasteiger partial charge in [-0.1, -0.05) is 81.7 Å². The molecular weight excluding hydrogens is 2370 g/mol. The third-order valence-electron chi connectivity index (χ3n) is 17.8. The van der Waals surface area contributed by atoms with Crippen LogP contribution in [-0.2, 0) is 126 Å². The van der Waals surface area contributed by atoms with Crippen LogP contribution < -0.4 is 0 Å². The van der Waals surface area contributed by atoms with Gasteiger partial charge in [-0.2, -0.15) is 6.07 Å². The van der Waals surface area contributed by atoms with Crippen LogP contribution in [0.4, 0.5) is 14.5 Å². The van der Waals surface area contributed by atoms with Gasteiger partial charge in [0.15, 0.2) is 0 Å². The molecule has 22 heteroatoms. The van der Waals surface area contributed by atoms with Crippen molar-refractivity contribution in [3.8, 4) is 17.3 Å². The number of imidazole rings is 6. The summed E-state index contributed by atoms with van der Waals surface area (Å²) in [7, 11) is 0. The zero-order valence-electron chi connectivity index (χ0n) is 53.0. The number of rotatable bonds is 1. The Labute approximate surface area is 669 Å². The van der Waals surface area contributed by atoms with Gasteiger partial charge in [-0.25, -0.2) is 9.65 Å². The summed E-state index contributed by atoms with van der Waals surface area (Å²) in [4.78, 5) is 29.4. The van der Waals surface area contributed by atoms with E-state index in [0.29, 0.717) is 16.6 Å². The molecule has 2 bridgehead atoms. The molecule has 0 unspecified atom stereocenters. The second-order valence-electron chi connectivity index (χ2n) is 23.2.